The average Bonchev–Trinajstić information content (AvgIpc) is 3.06. The maximum atomic E-state index is 12.2. The summed E-state index contributed by atoms with van der Waals surface area (Å²) in [5, 5.41) is 26.1. The number of aromatic carboxylic acids is 1. The van der Waals surface area contributed by atoms with Crippen LogP contribution in [0.15, 0.2) is 24.3 Å². The van der Waals surface area contributed by atoms with Crippen molar-refractivity contribution in [3.8, 4) is 5.75 Å². The minimum absolute atomic E-state index is 0.0554. The monoisotopic (exact) mass is 698 g/mol. The quantitative estimate of drug-likeness (QED) is 0.0569. The molecular weight excluding hydrogens is 648 g/mol. The Morgan fingerprint density at radius 1 is 0.633 bits per heavy atom. The molecule has 0 fully saturated rings. The molecule has 1 unspecified atom stereocenters. The summed E-state index contributed by atoms with van der Waals surface area (Å²) in [7, 11) is 0. The standard InChI is InChI=1S/C32H50N4O13/c33-27(37)22-47-20-18-46-17-14-35-30(40)23-48-21-19-45-16-13-34-28(38)12-11-26(32(43)44)36-29(39)6-4-2-1-3-5-15-49-25-9-7-24(8-10-25)31(41)42/h7-10,26H,1-6,11-23H2,(H2,33,37)(H,34,38)(H,35,40)(H,36,39)(H,41,42)(H,43,44). The Morgan fingerprint density at radius 3 is 1.82 bits per heavy atom. The fourth-order valence-electron chi connectivity index (χ4n) is 4.04. The van der Waals surface area contributed by atoms with Crippen LogP contribution in [0.2, 0.25) is 0 Å². The van der Waals surface area contributed by atoms with Crippen LogP contribution >= 0.6 is 0 Å². The Bertz CT molecular complexity index is 1130. The van der Waals surface area contributed by atoms with Gasteiger partial charge in [-0.2, -0.15) is 0 Å². The Hall–Kier alpha value is -4.32. The first kappa shape index (κ1) is 42.7. The van der Waals surface area contributed by atoms with E-state index in [-0.39, 0.29) is 108 Å². The number of nitrogens with one attached hydrogen (secondary N) is 3. The van der Waals surface area contributed by atoms with Gasteiger partial charge in [0.25, 0.3) is 0 Å². The smallest absolute Gasteiger partial charge is 0.335 e. The third-order valence-electron chi connectivity index (χ3n) is 6.57. The number of nitrogens with two attached hydrogens (primary N) is 1. The zero-order valence-corrected chi connectivity index (χ0v) is 27.8. The fourth-order valence-corrected chi connectivity index (χ4v) is 4.04. The maximum absolute atomic E-state index is 12.2. The SMILES string of the molecule is NC(=O)COCCOCCNC(=O)COCCOCCNC(=O)CCC(NC(=O)CCCCCCCOc1ccc(C(=O)O)cc1)C(=O)O. The van der Waals surface area contributed by atoms with Gasteiger partial charge in [-0.3, -0.25) is 19.2 Å². The molecule has 0 aliphatic carbocycles. The number of hydrogen-bond donors (Lipinski definition) is 6. The second-order valence-electron chi connectivity index (χ2n) is 10.7. The van der Waals surface area contributed by atoms with E-state index in [4.69, 9.17) is 34.5 Å². The van der Waals surface area contributed by atoms with Crippen molar-refractivity contribution in [2.24, 2.45) is 5.73 Å². The molecule has 0 spiro atoms. The lowest BCUT2D eigenvalue weighted by atomic mass is 10.1. The Kier molecular flexibility index (Phi) is 24.1. The van der Waals surface area contributed by atoms with Gasteiger partial charge >= 0.3 is 11.9 Å². The summed E-state index contributed by atoms with van der Waals surface area (Å²) in [5.41, 5.74) is 5.13. The molecule has 7 N–H and O–H groups in total. The first-order chi connectivity index (χ1) is 23.6. The third-order valence-corrected chi connectivity index (χ3v) is 6.57. The predicted octanol–water partition coefficient (Wildman–Crippen LogP) is 0.238. The summed E-state index contributed by atoms with van der Waals surface area (Å²) in [6.45, 7) is 1.95. The van der Waals surface area contributed by atoms with Crippen LogP contribution < -0.4 is 26.4 Å². The molecule has 1 aromatic rings. The highest BCUT2D eigenvalue weighted by atomic mass is 16.5. The van der Waals surface area contributed by atoms with Crippen LogP contribution in [0.3, 0.4) is 0 Å². The van der Waals surface area contributed by atoms with Crippen LogP contribution in [0.1, 0.15) is 61.7 Å². The molecule has 0 aromatic heterocycles. The van der Waals surface area contributed by atoms with Gasteiger partial charge in [-0.05, 0) is 43.5 Å². The normalized spacial score (nSPS) is 11.3. The summed E-state index contributed by atoms with van der Waals surface area (Å²) >= 11 is 0. The van der Waals surface area contributed by atoms with Crippen LogP contribution in [-0.4, -0.2) is 124 Å². The van der Waals surface area contributed by atoms with Gasteiger partial charge in [0.2, 0.25) is 23.6 Å². The van der Waals surface area contributed by atoms with Gasteiger partial charge in [-0.15, -0.1) is 0 Å². The number of ether oxygens (including phenoxy) is 5. The van der Waals surface area contributed by atoms with Crippen LogP contribution in [0.5, 0.6) is 5.75 Å². The van der Waals surface area contributed by atoms with Gasteiger partial charge in [0.05, 0.1) is 51.8 Å². The molecule has 4 amide bonds. The molecular formula is C32H50N4O13. The highest BCUT2D eigenvalue weighted by Gasteiger charge is 2.20. The fraction of sp³-hybridized carbons (Fsp3) is 0.625. The average molecular weight is 699 g/mol. The van der Waals surface area contributed by atoms with E-state index in [1.54, 1.807) is 12.1 Å². The molecule has 0 aliphatic heterocycles. The molecule has 276 valence electrons. The van der Waals surface area contributed by atoms with E-state index in [9.17, 15) is 33.9 Å². The number of rotatable bonds is 31. The Labute approximate surface area is 285 Å². The number of hydrogen-bond acceptors (Lipinski definition) is 11. The van der Waals surface area contributed by atoms with E-state index in [2.05, 4.69) is 16.0 Å². The maximum Gasteiger partial charge on any atom is 0.335 e. The van der Waals surface area contributed by atoms with Crippen molar-refractivity contribution in [2.45, 2.75) is 57.4 Å². The van der Waals surface area contributed by atoms with E-state index in [1.807, 2.05) is 0 Å². The van der Waals surface area contributed by atoms with Crippen molar-refractivity contribution in [1.29, 1.82) is 0 Å². The predicted molar refractivity (Wildman–Crippen MR) is 174 cm³/mol. The van der Waals surface area contributed by atoms with E-state index >= 15 is 0 Å². The number of carboxylic acid groups (broad SMARTS) is 2. The van der Waals surface area contributed by atoms with E-state index < -0.39 is 23.9 Å². The minimum Gasteiger partial charge on any atom is -0.494 e. The Morgan fingerprint density at radius 2 is 1.20 bits per heavy atom. The summed E-state index contributed by atoms with van der Waals surface area (Å²) in [4.78, 5) is 69.0. The van der Waals surface area contributed by atoms with Crippen molar-refractivity contribution >= 4 is 35.6 Å². The van der Waals surface area contributed by atoms with Gasteiger partial charge in [-0.1, -0.05) is 19.3 Å². The van der Waals surface area contributed by atoms with Gasteiger partial charge in [0.15, 0.2) is 0 Å². The number of carbonyl (C=O) groups excluding carboxylic acids is 4. The largest absolute Gasteiger partial charge is 0.494 e. The number of unbranched alkanes of at least 4 members (excludes halogenated alkanes) is 4. The van der Waals surface area contributed by atoms with Gasteiger partial charge in [-0.25, -0.2) is 9.59 Å². The number of primary amides is 1. The molecule has 49 heavy (non-hydrogen) atoms. The van der Waals surface area contributed by atoms with Crippen LogP contribution in [-0.2, 0) is 42.9 Å². The molecule has 1 aromatic carbocycles. The van der Waals surface area contributed by atoms with E-state index in [0.717, 1.165) is 25.7 Å². The molecule has 0 heterocycles. The van der Waals surface area contributed by atoms with Crippen molar-refractivity contribution in [1.82, 2.24) is 16.0 Å². The molecule has 1 rings (SSSR count). The number of carboxylic acids is 2. The molecule has 17 nitrogen and oxygen atoms in total. The second-order valence-corrected chi connectivity index (χ2v) is 10.7. The van der Waals surface area contributed by atoms with Crippen LogP contribution in [0.25, 0.3) is 0 Å². The molecule has 0 saturated carbocycles. The number of amides is 4. The molecule has 0 bridgehead atoms. The number of aliphatic carboxylic acids is 1. The second kappa shape index (κ2) is 27.6. The highest BCUT2D eigenvalue weighted by molar-refractivity contribution is 5.87. The minimum atomic E-state index is -1.21. The first-order valence-corrected chi connectivity index (χ1v) is 16.2. The Balaban J connectivity index is 1.99. The highest BCUT2D eigenvalue weighted by Crippen LogP contribution is 2.13. The lowest BCUT2D eigenvalue weighted by Crippen LogP contribution is -2.41. The lowest BCUT2D eigenvalue weighted by Gasteiger charge is -2.14. The van der Waals surface area contributed by atoms with Crippen molar-refractivity contribution in [3.63, 3.8) is 0 Å². The lowest BCUT2D eigenvalue weighted by molar-refractivity contribution is -0.142. The first-order valence-electron chi connectivity index (χ1n) is 16.2. The zero-order valence-electron chi connectivity index (χ0n) is 27.8. The molecule has 0 aliphatic rings. The van der Waals surface area contributed by atoms with Crippen LogP contribution in [0.4, 0.5) is 0 Å². The van der Waals surface area contributed by atoms with Crippen molar-refractivity contribution in [3.05, 3.63) is 29.8 Å². The zero-order chi connectivity index (χ0) is 36.1. The number of benzene rings is 1. The van der Waals surface area contributed by atoms with Gasteiger partial charge in [0, 0.05) is 25.9 Å². The molecule has 0 saturated heterocycles. The summed E-state index contributed by atoms with van der Waals surface area (Å²) in [5.74, 6) is -3.25. The summed E-state index contributed by atoms with van der Waals surface area (Å²) < 4.78 is 26.3. The van der Waals surface area contributed by atoms with E-state index in [1.165, 1.54) is 12.1 Å². The number of carbonyl (C=O) groups is 6. The van der Waals surface area contributed by atoms with Crippen LogP contribution in [0, 0.1) is 0 Å². The van der Waals surface area contributed by atoms with Gasteiger partial charge in [0.1, 0.15) is 25.0 Å². The topological polar surface area (TPSA) is 251 Å². The third kappa shape index (κ3) is 24.5. The van der Waals surface area contributed by atoms with Crippen molar-refractivity contribution in [2.75, 3.05) is 72.6 Å². The molecule has 17 heteroatoms. The van der Waals surface area contributed by atoms with E-state index in [0.29, 0.717) is 18.8 Å². The summed E-state index contributed by atoms with van der Waals surface area (Å²) in [6, 6.07) is 5.02. The molecule has 0 radical (unpaired) electrons. The summed E-state index contributed by atoms with van der Waals surface area (Å²) in [6.07, 6.45) is 4.00. The van der Waals surface area contributed by atoms with Gasteiger partial charge < -0.3 is 55.6 Å². The van der Waals surface area contributed by atoms with Crippen molar-refractivity contribution < 1.29 is 62.7 Å². The molecule has 1 atom stereocenters.